The van der Waals surface area contributed by atoms with Crippen molar-refractivity contribution >= 4 is 33.3 Å². The highest BCUT2D eigenvalue weighted by atomic mass is 32.2. The zero-order valence-electron chi connectivity index (χ0n) is 14.3. The minimum absolute atomic E-state index is 0.202. The highest BCUT2D eigenvalue weighted by Gasteiger charge is 2.31. The van der Waals surface area contributed by atoms with Crippen molar-refractivity contribution in [2.75, 3.05) is 38.5 Å². The van der Waals surface area contributed by atoms with E-state index in [0.717, 1.165) is 0 Å². The molecule has 2 aliphatic heterocycles. The minimum Gasteiger partial charge on any atom is -0.345 e. The van der Waals surface area contributed by atoms with Gasteiger partial charge in [0.25, 0.3) is 5.91 Å². The van der Waals surface area contributed by atoms with E-state index < -0.39 is 10.0 Å². The molecule has 1 aromatic carbocycles. The Balaban J connectivity index is 1.71. The molecular formula is C17H19N5O3S. The van der Waals surface area contributed by atoms with E-state index in [0.29, 0.717) is 48.7 Å². The summed E-state index contributed by atoms with van der Waals surface area (Å²) in [5, 5.41) is 2.77. The summed E-state index contributed by atoms with van der Waals surface area (Å²) in [4.78, 5) is 21.4. The van der Waals surface area contributed by atoms with E-state index in [9.17, 15) is 13.2 Å². The van der Waals surface area contributed by atoms with Crippen LogP contribution in [0.4, 0.5) is 5.69 Å². The van der Waals surface area contributed by atoms with E-state index in [1.807, 2.05) is 7.05 Å². The maximum absolute atomic E-state index is 13.0. The van der Waals surface area contributed by atoms with Gasteiger partial charge in [-0.1, -0.05) is 0 Å². The molecule has 0 atom stereocenters. The number of carbonyl (C=O) groups excluding carboxylic acids is 1. The number of imidazole rings is 1. The van der Waals surface area contributed by atoms with E-state index in [-0.39, 0.29) is 10.8 Å². The highest BCUT2D eigenvalue weighted by Crippen LogP contribution is 2.35. The quantitative estimate of drug-likeness (QED) is 0.777. The number of nitrogens with one attached hydrogen (secondary N) is 2. The molecule has 1 saturated heterocycles. The molecule has 2 aliphatic rings. The first-order chi connectivity index (χ1) is 12.4. The molecule has 1 aromatic heterocycles. The number of H-pyrrole nitrogens is 1. The molecule has 0 spiro atoms. The lowest BCUT2D eigenvalue weighted by Gasteiger charge is -2.31. The molecule has 2 N–H and O–H groups in total. The Labute approximate surface area is 151 Å². The first kappa shape index (κ1) is 17.0. The predicted octanol–water partition coefficient (Wildman–Crippen LogP) is 0.838. The number of nitrogens with zero attached hydrogens (tertiary/aromatic N) is 3. The number of amides is 1. The Kier molecular flexibility index (Phi) is 4.14. The van der Waals surface area contributed by atoms with Crippen molar-refractivity contribution in [3.05, 3.63) is 42.0 Å². The molecule has 0 saturated carbocycles. The number of hydrogen-bond acceptors (Lipinski definition) is 5. The van der Waals surface area contributed by atoms with Crippen molar-refractivity contribution in [3.8, 4) is 0 Å². The van der Waals surface area contributed by atoms with Crippen LogP contribution in [0.3, 0.4) is 0 Å². The molecule has 8 nitrogen and oxygen atoms in total. The van der Waals surface area contributed by atoms with Crippen LogP contribution >= 0.6 is 0 Å². The van der Waals surface area contributed by atoms with E-state index in [1.54, 1.807) is 30.5 Å². The van der Waals surface area contributed by atoms with Crippen molar-refractivity contribution in [1.29, 1.82) is 0 Å². The summed E-state index contributed by atoms with van der Waals surface area (Å²) < 4.78 is 27.4. The van der Waals surface area contributed by atoms with Gasteiger partial charge < -0.3 is 15.2 Å². The Morgan fingerprint density at radius 3 is 2.65 bits per heavy atom. The number of hydrogen-bond donors (Lipinski definition) is 2. The second-order valence-electron chi connectivity index (χ2n) is 6.43. The van der Waals surface area contributed by atoms with Gasteiger partial charge in [0.1, 0.15) is 0 Å². The van der Waals surface area contributed by atoms with Crippen LogP contribution in [0.15, 0.2) is 35.6 Å². The number of carbonyl (C=O) groups is 1. The smallest absolute Gasteiger partial charge is 0.256 e. The van der Waals surface area contributed by atoms with Gasteiger partial charge in [-0.3, -0.25) is 4.79 Å². The number of aromatic nitrogens is 2. The molecular weight excluding hydrogens is 354 g/mol. The van der Waals surface area contributed by atoms with Crippen LogP contribution in [0.2, 0.25) is 0 Å². The minimum atomic E-state index is -3.59. The fourth-order valence-electron chi connectivity index (χ4n) is 3.15. The lowest BCUT2D eigenvalue weighted by Crippen LogP contribution is -2.47. The molecule has 26 heavy (non-hydrogen) atoms. The Hall–Kier alpha value is -2.49. The average molecular weight is 373 g/mol. The van der Waals surface area contributed by atoms with Gasteiger partial charge >= 0.3 is 0 Å². The molecule has 0 bridgehead atoms. The molecule has 136 valence electrons. The number of fused-ring (bicyclic) bond motifs is 1. The summed E-state index contributed by atoms with van der Waals surface area (Å²) in [5.74, 6) is -0.260. The Bertz CT molecular complexity index is 974. The van der Waals surface area contributed by atoms with Crippen molar-refractivity contribution < 1.29 is 13.2 Å². The lowest BCUT2D eigenvalue weighted by atomic mass is 10.1. The zero-order valence-corrected chi connectivity index (χ0v) is 15.1. The average Bonchev–Trinajstić information content (AvgIpc) is 3.23. The monoisotopic (exact) mass is 373 g/mol. The van der Waals surface area contributed by atoms with Crippen LogP contribution < -0.4 is 5.32 Å². The lowest BCUT2D eigenvalue weighted by molar-refractivity contribution is -0.110. The second-order valence-corrected chi connectivity index (χ2v) is 8.37. The molecule has 3 heterocycles. The summed E-state index contributed by atoms with van der Waals surface area (Å²) in [7, 11) is -1.61. The molecule has 1 fully saturated rings. The molecule has 9 heteroatoms. The van der Waals surface area contributed by atoms with Gasteiger partial charge in [-0.15, -0.1) is 0 Å². The van der Waals surface area contributed by atoms with Crippen molar-refractivity contribution in [2.45, 2.75) is 4.90 Å². The van der Waals surface area contributed by atoms with Gasteiger partial charge in [0.15, 0.2) is 0 Å². The molecule has 0 unspecified atom stereocenters. The molecule has 4 rings (SSSR count). The summed E-state index contributed by atoms with van der Waals surface area (Å²) in [6.07, 6.45) is 4.79. The van der Waals surface area contributed by atoms with Crippen molar-refractivity contribution in [1.82, 2.24) is 19.2 Å². The first-order valence-electron chi connectivity index (χ1n) is 8.30. The normalized spacial score (nSPS) is 20.3. The van der Waals surface area contributed by atoms with Crippen LogP contribution in [-0.4, -0.2) is 66.7 Å². The van der Waals surface area contributed by atoms with Crippen LogP contribution in [0.1, 0.15) is 11.3 Å². The topological polar surface area (TPSA) is 98.4 Å². The van der Waals surface area contributed by atoms with Gasteiger partial charge in [0.05, 0.1) is 28.7 Å². The molecule has 0 radical (unpaired) electrons. The predicted molar refractivity (Wildman–Crippen MR) is 97.8 cm³/mol. The van der Waals surface area contributed by atoms with E-state index in [1.165, 1.54) is 10.6 Å². The van der Waals surface area contributed by atoms with Crippen molar-refractivity contribution in [2.24, 2.45) is 0 Å². The maximum Gasteiger partial charge on any atom is 0.256 e. The van der Waals surface area contributed by atoms with Crippen LogP contribution in [0.5, 0.6) is 0 Å². The summed E-state index contributed by atoms with van der Waals surface area (Å²) in [6, 6.07) is 4.76. The molecule has 1 amide bonds. The van der Waals surface area contributed by atoms with E-state index in [2.05, 4.69) is 20.2 Å². The van der Waals surface area contributed by atoms with Crippen molar-refractivity contribution in [3.63, 3.8) is 0 Å². The fraction of sp³-hybridized carbons (Fsp3) is 0.294. The number of anilines is 1. The van der Waals surface area contributed by atoms with Crippen LogP contribution in [-0.2, 0) is 14.8 Å². The standard InChI is InChI=1S/C17H19N5O3S/c1-21-4-6-22(7-5-21)26(24,25)13-2-3-16-14(9-13)15(17(23)20-16)8-12-10-18-11-19-12/h2-3,8-11H,4-7H2,1H3,(H,18,19)(H,20,23)/b15-8-. The van der Waals surface area contributed by atoms with E-state index >= 15 is 0 Å². The van der Waals surface area contributed by atoms with Crippen LogP contribution in [0.25, 0.3) is 11.6 Å². The number of piperazine rings is 1. The third-order valence-corrected chi connectivity index (χ3v) is 6.59. The SMILES string of the molecule is CN1CCN(S(=O)(=O)c2ccc3c(c2)/C(=C/c2cnc[nH]2)C(=O)N3)CC1. The number of rotatable bonds is 3. The van der Waals surface area contributed by atoms with Gasteiger partial charge in [0.2, 0.25) is 10.0 Å². The third-order valence-electron chi connectivity index (χ3n) is 4.69. The maximum atomic E-state index is 13.0. The number of benzene rings is 1. The van der Waals surface area contributed by atoms with E-state index in [4.69, 9.17) is 0 Å². The molecule has 2 aromatic rings. The van der Waals surface area contributed by atoms with Gasteiger partial charge in [-0.05, 0) is 31.3 Å². The molecule has 0 aliphatic carbocycles. The van der Waals surface area contributed by atoms with Gasteiger partial charge in [0, 0.05) is 37.4 Å². The largest absolute Gasteiger partial charge is 0.345 e. The Morgan fingerprint density at radius 1 is 1.19 bits per heavy atom. The number of likely N-dealkylation sites (N-methyl/N-ethyl adjacent to an activating group) is 1. The number of aromatic amines is 1. The highest BCUT2D eigenvalue weighted by molar-refractivity contribution is 7.89. The summed E-state index contributed by atoms with van der Waals surface area (Å²) >= 11 is 0. The zero-order chi connectivity index (χ0) is 18.3. The Morgan fingerprint density at radius 2 is 1.96 bits per heavy atom. The summed E-state index contributed by atoms with van der Waals surface area (Å²) in [5.41, 5.74) is 2.29. The van der Waals surface area contributed by atoms with Gasteiger partial charge in [-0.2, -0.15) is 4.31 Å². The summed E-state index contributed by atoms with van der Waals surface area (Å²) in [6.45, 7) is 2.33. The second kappa shape index (κ2) is 6.35. The number of sulfonamides is 1. The fourth-order valence-corrected chi connectivity index (χ4v) is 4.60. The van der Waals surface area contributed by atoms with Crippen LogP contribution in [0, 0.1) is 0 Å². The van der Waals surface area contributed by atoms with Gasteiger partial charge in [-0.25, -0.2) is 13.4 Å². The first-order valence-corrected chi connectivity index (χ1v) is 9.74. The third kappa shape index (κ3) is 2.94.